The molecule has 0 saturated heterocycles. The minimum Gasteiger partial charge on any atom is -0.298 e. The number of pyridine rings is 1. The van der Waals surface area contributed by atoms with E-state index in [9.17, 15) is 0 Å². The molecule has 0 N–H and O–H groups in total. The zero-order valence-electron chi connectivity index (χ0n) is 13.3. The van der Waals surface area contributed by atoms with Gasteiger partial charge in [0.1, 0.15) is 5.82 Å². The van der Waals surface area contributed by atoms with Gasteiger partial charge in [0.25, 0.3) is 0 Å². The van der Waals surface area contributed by atoms with Gasteiger partial charge in [0, 0.05) is 24.2 Å². The molecular weight excluding hydrogens is 270 g/mol. The smallest absolute Gasteiger partial charge is 0.144 e. The highest BCUT2D eigenvalue weighted by Crippen LogP contribution is 2.35. The van der Waals surface area contributed by atoms with Crippen molar-refractivity contribution in [2.24, 2.45) is 0 Å². The average molecular weight is 291 g/mol. The van der Waals surface area contributed by atoms with E-state index in [0.717, 1.165) is 17.9 Å². The molecule has 0 fully saturated rings. The predicted molar refractivity (Wildman–Crippen MR) is 90.1 cm³/mol. The molecule has 3 rings (SSSR count). The van der Waals surface area contributed by atoms with Gasteiger partial charge in [0.2, 0.25) is 0 Å². The topological polar surface area (TPSA) is 30.7 Å². The van der Waals surface area contributed by atoms with E-state index in [0.29, 0.717) is 0 Å². The maximum atomic E-state index is 4.61. The fraction of sp³-hybridized carbons (Fsp3) is 0.263. The van der Waals surface area contributed by atoms with E-state index in [1.807, 2.05) is 30.7 Å². The number of benzene rings is 1. The van der Waals surface area contributed by atoms with Crippen LogP contribution < -0.4 is 0 Å². The van der Waals surface area contributed by atoms with Gasteiger partial charge in [-0.3, -0.25) is 9.55 Å². The van der Waals surface area contributed by atoms with E-state index in [2.05, 4.69) is 59.6 Å². The lowest BCUT2D eigenvalue weighted by Crippen LogP contribution is -2.17. The van der Waals surface area contributed by atoms with Crippen LogP contribution in [0.1, 0.15) is 32.8 Å². The van der Waals surface area contributed by atoms with Crippen molar-refractivity contribution in [3.8, 4) is 17.1 Å². The first-order valence-electron chi connectivity index (χ1n) is 7.67. The van der Waals surface area contributed by atoms with Crippen molar-refractivity contribution < 1.29 is 0 Å². The van der Waals surface area contributed by atoms with Crippen molar-refractivity contribution >= 4 is 0 Å². The Kier molecular flexibility index (Phi) is 3.80. The van der Waals surface area contributed by atoms with Gasteiger partial charge in [-0.15, -0.1) is 0 Å². The number of nitrogens with zero attached hydrogens (tertiary/aromatic N) is 3. The highest BCUT2D eigenvalue weighted by molar-refractivity contribution is 5.64. The summed E-state index contributed by atoms with van der Waals surface area (Å²) in [7, 11) is 0. The molecule has 0 saturated carbocycles. The number of hydrogen-bond donors (Lipinski definition) is 0. The van der Waals surface area contributed by atoms with E-state index < -0.39 is 0 Å². The molecule has 3 nitrogen and oxygen atoms in total. The van der Waals surface area contributed by atoms with E-state index in [4.69, 9.17) is 0 Å². The molecule has 112 valence electrons. The number of imidazole rings is 1. The molecule has 22 heavy (non-hydrogen) atoms. The molecule has 0 bridgehead atoms. The highest BCUT2D eigenvalue weighted by Gasteiger charge is 2.23. The van der Waals surface area contributed by atoms with Crippen LogP contribution in [-0.2, 0) is 5.41 Å². The largest absolute Gasteiger partial charge is 0.298 e. The zero-order chi connectivity index (χ0) is 15.6. The van der Waals surface area contributed by atoms with Crippen LogP contribution in [0.3, 0.4) is 0 Å². The Bertz CT molecular complexity index is 757. The van der Waals surface area contributed by atoms with Crippen molar-refractivity contribution in [1.82, 2.24) is 14.5 Å². The molecule has 0 aliphatic heterocycles. The monoisotopic (exact) mass is 291 g/mol. The maximum absolute atomic E-state index is 4.61. The standard InChI is InChI=1S/C19H21N3/c1-4-19(2,3)17-10-6-5-9-16(17)18-21-12-13-22(18)15-8-7-11-20-14-15/h5-14H,4H2,1-3H3. The molecule has 0 amide bonds. The summed E-state index contributed by atoms with van der Waals surface area (Å²) in [6.07, 6.45) is 8.56. The molecule has 3 heteroatoms. The quantitative estimate of drug-likeness (QED) is 0.702. The van der Waals surface area contributed by atoms with Gasteiger partial charge in [-0.25, -0.2) is 4.98 Å². The lowest BCUT2D eigenvalue weighted by molar-refractivity contribution is 0.507. The van der Waals surface area contributed by atoms with Crippen LogP contribution in [0.15, 0.2) is 61.2 Å². The van der Waals surface area contributed by atoms with Crippen molar-refractivity contribution in [1.29, 1.82) is 0 Å². The molecule has 0 atom stereocenters. The molecule has 0 radical (unpaired) electrons. The summed E-state index contributed by atoms with van der Waals surface area (Å²) in [5.74, 6) is 0.963. The maximum Gasteiger partial charge on any atom is 0.144 e. The SMILES string of the molecule is CCC(C)(C)c1ccccc1-c1nccn1-c1cccnc1. The molecule has 0 spiro atoms. The third-order valence-corrected chi connectivity index (χ3v) is 4.35. The second-order valence-corrected chi connectivity index (χ2v) is 6.12. The van der Waals surface area contributed by atoms with Crippen LogP contribution in [-0.4, -0.2) is 14.5 Å². The second kappa shape index (κ2) is 5.76. The summed E-state index contributed by atoms with van der Waals surface area (Å²) in [5, 5.41) is 0. The molecule has 0 unspecified atom stereocenters. The van der Waals surface area contributed by atoms with E-state index in [1.54, 1.807) is 6.20 Å². The van der Waals surface area contributed by atoms with Crippen LogP contribution in [0, 0.1) is 0 Å². The Morgan fingerprint density at radius 3 is 2.59 bits per heavy atom. The third-order valence-electron chi connectivity index (χ3n) is 4.35. The fourth-order valence-electron chi connectivity index (χ4n) is 2.67. The molecule has 1 aromatic carbocycles. The van der Waals surface area contributed by atoms with Crippen LogP contribution >= 0.6 is 0 Å². The lowest BCUT2D eigenvalue weighted by Gasteiger charge is -2.26. The van der Waals surface area contributed by atoms with E-state index in [1.165, 1.54) is 11.1 Å². The summed E-state index contributed by atoms with van der Waals surface area (Å²) in [4.78, 5) is 8.82. The van der Waals surface area contributed by atoms with Crippen molar-refractivity contribution in [2.45, 2.75) is 32.6 Å². The van der Waals surface area contributed by atoms with Gasteiger partial charge in [0.15, 0.2) is 0 Å². The summed E-state index contributed by atoms with van der Waals surface area (Å²) >= 11 is 0. The predicted octanol–water partition coefficient (Wildman–Crippen LogP) is 4.62. The average Bonchev–Trinajstić information content (AvgIpc) is 3.05. The Morgan fingerprint density at radius 1 is 1.05 bits per heavy atom. The first-order chi connectivity index (χ1) is 10.6. The Hall–Kier alpha value is -2.42. The van der Waals surface area contributed by atoms with Gasteiger partial charge < -0.3 is 0 Å². The Morgan fingerprint density at radius 2 is 1.86 bits per heavy atom. The molecule has 0 aliphatic carbocycles. The number of aromatic nitrogens is 3. The van der Waals surface area contributed by atoms with Crippen LogP contribution in [0.2, 0.25) is 0 Å². The molecule has 2 heterocycles. The summed E-state index contributed by atoms with van der Waals surface area (Å²) in [6.45, 7) is 6.79. The first kappa shape index (κ1) is 14.5. The van der Waals surface area contributed by atoms with Crippen molar-refractivity contribution in [2.75, 3.05) is 0 Å². The summed E-state index contributed by atoms with van der Waals surface area (Å²) < 4.78 is 2.09. The molecule has 0 aliphatic rings. The Labute approximate surface area is 131 Å². The second-order valence-electron chi connectivity index (χ2n) is 6.12. The molecule has 2 aromatic heterocycles. The Balaban J connectivity index is 2.17. The number of hydrogen-bond acceptors (Lipinski definition) is 2. The van der Waals surface area contributed by atoms with Crippen LogP contribution in [0.4, 0.5) is 0 Å². The zero-order valence-corrected chi connectivity index (χ0v) is 13.3. The molecule has 3 aromatic rings. The fourth-order valence-corrected chi connectivity index (χ4v) is 2.67. The van der Waals surface area contributed by atoms with Gasteiger partial charge in [-0.1, -0.05) is 45.0 Å². The van der Waals surface area contributed by atoms with E-state index in [-0.39, 0.29) is 5.41 Å². The molecular formula is C19H21N3. The third kappa shape index (κ3) is 2.54. The van der Waals surface area contributed by atoms with Gasteiger partial charge >= 0.3 is 0 Å². The normalized spacial score (nSPS) is 11.6. The minimum atomic E-state index is 0.113. The first-order valence-corrected chi connectivity index (χ1v) is 7.67. The number of rotatable bonds is 4. The minimum absolute atomic E-state index is 0.113. The van der Waals surface area contributed by atoms with E-state index >= 15 is 0 Å². The highest BCUT2D eigenvalue weighted by atomic mass is 15.1. The van der Waals surface area contributed by atoms with Crippen molar-refractivity contribution in [3.05, 3.63) is 66.7 Å². The van der Waals surface area contributed by atoms with Crippen molar-refractivity contribution in [3.63, 3.8) is 0 Å². The lowest BCUT2D eigenvalue weighted by atomic mass is 9.79. The summed E-state index contributed by atoms with van der Waals surface area (Å²) in [5.41, 5.74) is 3.65. The van der Waals surface area contributed by atoms with Crippen LogP contribution in [0.5, 0.6) is 0 Å². The van der Waals surface area contributed by atoms with Gasteiger partial charge in [-0.05, 0) is 29.5 Å². The summed E-state index contributed by atoms with van der Waals surface area (Å²) in [6, 6.07) is 12.5. The van der Waals surface area contributed by atoms with Gasteiger partial charge in [0.05, 0.1) is 11.9 Å². The van der Waals surface area contributed by atoms with Gasteiger partial charge in [-0.2, -0.15) is 0 Å². The van der Waals surface area contributed by atoms with Crippen LogP contribution in [0.25, 0.3) is 17.1 Å².